The molecule has 0 aromatic rings. The molecular formula is C13H25NO. The number of methoxy groups -OCH3 is 1. The van der Waals surface area contributed by atoms with Crippen LogP contribution >= 0.6 is 0 Å². The molecule has 15 heavy (non-hydrogen) atoms. The number of hydrogen-bond donors (Lipinski definition) is 1. The number of nitrogens with two attached hydrogens (primary N) is 1. The number of hydrogen-bond acceptors (Lipinski definition) is 2. The van der Waals surface area contributed by atoms with E-state index in [1.54, 1.807) is 7.11 Å². The van der Waals surface area contributed by atoms with Crippen LogP contribution in [0.3, 0.4) is 0 Å². The summed E-state index contributed by atoms with van der Waals surface area (Å²) >= 11 is 0. The van der Waals surface area contributed by atoms with Gasteiger partial charge in [-0.25, -0.2) is 0 Å². The number of allylic oxidation sites excluding steroid dienone is 1. The third-order valence-electron chi connectivity index (χ3n) is 3.29. The molecular weight excluding hydrogens is 186 g/mol. The summed E-state index contributed by atoms with van der Waals surface area (Å²) in [6.07, 6.45) is 8.79. The van der Waals surface area contributed by atoms with E-state index in [9.17, 15) is 0 Å². The Kier molecular flexibility index (Phi) is 5.34. The molecule has 1 rings (SSSR count). The molecule has 1 aliphatic carbocycles. The van der Waals surface area contributed by atoms with Crippen molar-refractivity contribution in [3.05, 3.63) is 11.6 Å². The lowest BCUT2D eigenvalue weighted by atomic mass is 9.91. The Labute approximate surface area is 93.9 Å². The van der Waals surface area contributed by atoms with Gasteiger partial charge in [0.25, 0.3) is 0 Å². The molecule has 2 heteroatoms. The number of rotatable bonds is 4. The van der Waals surface area contributed by atoms with E-state index in [4.69, 9.17) is 10.5 Å². The average Bonchev–Trinajstić information content (AvgIpc) is 2.45. The second kappa shape index (κ2) is 6.29. The van der Waals surface area contributed by atoms with E-state index in [2.05, 4.69) is 19.9 Å². The zero-order valence-corrected chi connectivity index (χ0v) is 10.3. The van der Waals surface area contributed by atoms with Crippen LogP contribution in [-0.4, -0.2) is 19.3 Å². The Hall–Kier alpha value is -0.340. The average molecular weight is 211 g/mol. The molecule has 0 saturated carbocycles. The summed E-state index contributed by atoms with van der Waals surface area (Å²) in [4.78, 5) is 0. The Morgan fingerprint density at radius 3 is 2.60 bits per heavy atom. The Bertz CT molecular complexity index is 211. The Morgan fingerprint density at radius 1 is 1.27 bits per heavy atom. The quantitative estimate of drug-likeness (QED) is 0.726. The van der Waals surface area contributed by atoms with Crippen molar-refractivity contribution in [3.8, 4) is 0 Å². The first kappa shape index (κ1) is 12.7. The van der Waals surface area contributed by atoms with Crippen molar-refractivity contribution in [2.24, 2.45) is 11.7 Å². The highest BCUT2D eigenvalue weighted by molar-refractivity contribution is 5.14. The van der Waals surface area contributed by atoms with E-state index in [-0.39, 0.29) is 12.1 Å². The second-order valence-electron chi connectivity index (χ2n) is 4.85. The topological polar surface area (TPSA) is 35.2 Å². The molecule has 0 radical (unpaired) electrons. The molecule has 2 nitrogen and oxygen atoms in total. The lowest BCUT2D eigenvalue weighted by Gasteiger charge is -2.28. The van der Waals surface area contributed by atoms with Crippen LogP contribution in [0.4, 0.5) is 0 Å². The molecule has 1 aliphatic rings. The predicted molar refractivity (Wildman–Crippen MR) is 64.8 cm³/mol. The van der Waals surface area contributed by atoms with Crippen molar-refractivity contribution in [2.45, 2.75) is 58.1 Å². The van der Waals surface area contributed by atoms with Gasteiger partial charge in [0, 0.05) is 7.11 Å². The molecule has 0 aliphatic heterocycles. The highest BCUT2D eigenvalue weighted by atomic mass is 16.5. The smallest absolute Gasteiger partial charge is 0.0783 e. The van der Waals surface area contributed by atoms with Gasteiger partial charge in [-0.1, -0.05) is 31.9 Å². The van der Waals surface area contributed by atoms with Gasteiger partial charge in [0.1, 0.15) is 0 Å². The van der Waals surface area contributed by atoms with Gasteiger partial charge in [-0.2, -0.15) is 0 Å². The summed E-state index contributed by atoms with van der Waals surface area (Å²) < 4.78 is 5.50. The zero-order valence-electron chi connectivity index (χ0n) is 10.3. The van der Waals surface area contributed by atoms with E-state index in [1.165, 1.54) is 31.3 Å². The lowest BCUT2D eigenvalue weighted by molar-refractivity contribution is 0.0519. The van der Waals surface area contributed by atoms with Crippen LogP contribution in [0.2, 0.25) is 0 Å². The first-order valence-electron chi connectivity index (χ1n) is 6.14. The van der Waals surface area contributed by atoms with E-state index < -0.39 is 0 Å². The normalized spacial score (nSPS) is 22.1. The molecule has 2 atom stereocenters. The van der Waals surface area contributed by atoms with E-state index in [0.29, 0.717) is 5.92 Å². The van der Waals surface area contributed by atoms with Crippen molar-refractivity contribution in [1.82, 2.24) is 0 Å². The molecule has 0 amide bonds. The Morgan fingerprint density at radius 2 is 2.00 bits per heavy atom. The molecule has 2 unspecified atom stereocenters. The fraction of sp³-hybridized carbons (Fsp3) is 0.846. The van der Waals surface area contributed by atoms with E-state index in [1.807, 2.05) is 0 Å². The summed E-state index contributed by atoms with van der Waals surface area (Å²) in [6, 6.07) is 0.0908. The van der Waals surface area contributed by atoms with Gasteiger partial charge in [-0.05, 0) is 31.6 Å². The lowest BCUT2D eigenvalue weighted by Crippen LogP contribution is -2.41. The summed E-state index contributed by atoms with van der Waals surface area (Å²) in [6.45, 7) is 4.34. The molecule has 0 saturated heterocycles. The Balaban J connectivity index is 2.63. The molecule has 0 bridgehead atoms. The van der Waals surface area contributed by atoms with Crippen LogP contribution < -0.4 is 5.73 Å². The monoisotopic (exact) mass is 211 g/mol. The zero-order chi connectivity index (χ0) is 11.3. The third kappa shape index (κ3) is 3.62. The fourth-order valence-electron chi connectivity index (χ4n) is 2.39. The predicted octanol–water partition coefficient (Wildman–Crippen LogP) is 2.88. The maximum absolute atomic E-state index is 6.28. The van der Waals surface area contributed by atoms with Crippen molar-refractivity contribution >= 4 is 0 Å². The van der Waals surface area contributed by atoms with Gasteiger partial charge in [-0.15, -0.1) is 0 Å². The summed E-state index contributed by atoms with van der Waals surface area (Å²) in [5.41, 5.74) is 7.69. The maximum Gasteiger partial charge on any atom is 0.0783 e. The minimum atomic E-state index is 0.0908. The molecule has 2 N–H and O–H groups in total. The standard InChI is InChI=1S/C13H25NO/c1-10(2)13(15-3)12(14)11-8-6-4-5-7-9-11/h8,10,12-13H,4-7,9,14H2,1-3H3. The highest BCUT2D eigenvalue weighted by Gasteiger charge is 2.24. The maximum atomic E-state index is 6.28. The van der Waals surface area contributed by atoms with Gasteiger partial charge in [0.15, 0.2) is 0 Å². The van der Waals surface area contributed by atoms with Crippen molar-refractivity contribution in [3.63, 3.8) is 0 Å². The van der Waals surface area contributed by atoms with Gasteiger partial charge < -0.3 is 10.5 Å². The highest BCUT2D eigenvalue weighted by Crippen LogP contribution is 2.23. The van der Waals surface area contributed by atoms with Crippen LogP contribution in [0.1, 0.15) is 46.0 Å². The van der Waals surface area contributed by atoms with E-state index in [0.717, 1.165) is 6.42 Å². The van der Waals surface area contributed by atoms with Crippen LogP contribution in [-0.2, 0) is 4.74 Å². The van der Waals surface area contributed by atoms with Crippen LogP contribution in [0.15, 0.2) is 11.6 Å². The van der Waals surface area contributed by atoms with Gasteiger partial charge in [-0.3, -0.25) is 0 Å². The van der Waals surface area contributed by atoms with Crippen molar-refractivity contribution in [2.75, 3.05) is 7.11 Å². The second-order valence-corrected chi connectivity index (χ2v) is 4.85. The molecule has 0 aromatic carbocycles. The van der Waals surface area contributed by atoms with Crippen LogP contribution in [0.5, 0.6) is 0 Å². The molecule has 0 heterocycles. The van der Waals surface area contributed by atoms with E-state index >= 15 is 0 Å². The third-order valence-corrected chi connectivity index (χ3v) is 3.29. The van der Waals surface area contributed by atoms with Crippen molar-refractivity contribution in [1.29, 1.82) is 0 Å². The summed E-state index contributed by atoms with van der Waals surface area (Å²) in [7, 11) is 1.77. The largest absolute Gasteiger partial charge is 0.379 e. The summed E-state index contributed by atoms with van der Waals surface area (Å²) in [5, 5.41) is 0. The van der Waals surface area contributed by atoms with Crippen molar-refractivity contribution < 1.29 is 4.74 Å². The first-order valence-corrected chi connectivity index (χ1v) is 6.14. The molecule has 0 fully saturated rings. The van der Waals surface area contributed by atoms with Gasteiger partial charge in [0.2, 0.25) is 0 Å². The summed E-state index contributed by atoms with van der Waals surface area (Å²) in [5.74, 6) is 0.481. The van der Waals surface area contributed by atoms with Gasteiger partial charge >= 0.3 is 0 Å². The first-order chi connectivity index (χ1) is 7.16. The molecule has 0 spiro atoms. The van der Waals surface area contributed by atoms with Crippen LogP contribution in [0, 0.1) is 5.92 Å². The van der Waals surface area contributed by atoms with Gasteiger partial charge in [0.05, 0.1) is 12.1 Å². The molecule has 88 valence electrons. The minimum Gasteiger partial charge on any atom is -0.379 e. The SMILES string of the molecule is COC(C(C)C)C(N)C1=CCCCCC1. The minimum absolute atomic E-state index is 0.0908. The number of ether oxygens (including phenoxy) is 1. The van der Waals surface area contributed by atoms with Crippen LogP contribution in [0.25, 0.3) is 0 Å². The molecule has 0 aromatic heterocycles. The fourth-order valence-corrected chi connectivity index (χ4v) is 2.39.